The Balaban J connectivity index is 1.22. The Morgan fingerprint density at radius 1 is 0.846 bits per heavy atom. The first-order valence-corrected chi connectivity index (χ1v) is 15.1. The standard InChI is InChI=1S/C34H50N2O3/c1-26-22-32(23-27(2)36(26)33(37)39-34(3,4)5)38-21-20-28-16-18-31(19-17-28)35(24-29-12-8-6-9-13-29)25-30-14-10-7-11-15-30/h6-15,26-28,31-32H,16-25H2,1-5H3. The SMILES string of the molecule is CC1CC(OCCC2CCC(N(Cc3ccccc3)Cc3ccccc3)CC2)CC(C)N1C(=O)OC(C)(C)C. The first-order chi connectivity index (χ1) is 18.7. The lowest BCUT2D eigenvalue weighted by atomic mass is 9.83. The summed E-state index contributed by atoms with van der Waals surface area (Å²) in [4.78, 5) is 17.3. The fraction of sp³-hybridized carbons (Fsp3) is 0.618. The van der Waals surface area contributed by atoms with Gasteiger partial charge in [-0.1, -0.05) is 60.7 Å². The average molecular weight is 535 g/mol. The molecule has 39 heavy (non-hydrogen) atoms. The number of amides is 1. The minimum atomic E-state index is -0.469. The number of benzene rings is 2. The number of ether oxygens (including phenoxy) is 2. The Morgan fingerprint density at radius 2 is 1.36 bits per heavy atom. The van der Waals surface area contributed by atoms with Crippen LogP contribution in [0.25, 0.3) is 0 Å². The minimum absolute atomic E-state index is 0.129. The summed E-state index contributed by atoms with van der Waals surface area (Å²) in [7, 11) is 0. The summed E-state index contributed by atoms with van der Waals surface area (Å²) in [5, 5.41) is 0. The molecule has 1 aliphatic heterocycles. The van der Waals surface area contributed by atoms with E-state index in [-0.39, 0.29) is 24.3 Å². The highest BCUT2D eigenvalue weighted by Gasteiger charge is 2.37. The fourth-order valence-corrected chi connectivity index (χ4v) is 6.48. The molecule has 2 atom stereocenters. The predicted molar refractivity (Wildman–Crippen MR) is 158 cm³/mol. The molecule has 1 saturated carbocycles. The van der Waals surface area contributed by atoms with Crippen molar-refractivity contribution < 1.29 is 14.3 Å². The maximum atomic E-state index is 12.7. The van der Waals surface area contributed by atoms with Crippen LogP contribution in [0.5, 0.6) is 0 Å². The number of carbonyl (C=O) groups is 1. The summed E-state index contributed by atoms with van der Waals surface area (Å²) in [5.74, 6) is 0.744. The monoisotopic (exact) mass is 534 g/mol. The molecule has 0 spiro atoms. The molecule has 214 valence electrons. The molecule has 5 nitrogen and oxygen atoms in total. The summed E-state index contributed by atoms with van der Waals surface area (Å²) < 4.78 is 12.0. The lowest BCUT2D eigenvalue weighted by Crippen LogP contribution is -2.53. The summed E-state index contributed by atoms with van der Waals surface area (Å²) in [6.45, 7) is 12.8. The number of piperidine rings is 1. The van der Waals surface area contributed by atoms with Crippen LogP contribution in [-0.2, 0) is 22.6 Å². The van der Waals surface area contributed by atoms with Gasteiger partial charge in [-0.15, -0.1) is 0 Å². The van der Waals surface area contributed by atoms with Crippen molar-refractivity contribution in [1.82, 2.24) is 9.80 Å². The van der Waals surface area contributed by atoms with Crippen LogP contribution in [0.3, 0.4) is 0 Å². The molecule has 5 heteroatoms. The van der Waals surface area contributed by atoms with Crippen LogP contribution >= 0.6 is 0 Å². The molecular weight excluding hydrogens is 484 g/mol. The van der Waals surface area contributed by atoms with Crippen molar-refractivity contribution in [3.05, 3.63) is 71.8 Å². The van der Waals surface area contributed by atoms with E-state index in [1.165, 1.54) is 36.8 Å². The van der Waals surface area contributed by atoms with Crippen molar-refractivity contribution in [2.75, 3.05) is 6.61 Å². The van der Waals surface area contributed by atoms with Crippen molar-refractivity contribution in [2.45, 2.75) is 122 Å². The number of rotatable bonds is 9. The van der Waals surface area contributed by atoms with Gasteiger partial charge in [0.25, 0.3) is 0 Å². The Morgan fingerprint density at radius 3 is 1.85 bits per heavy atom. The first kappa shape index (κ1) is 29.6. The van der Waals surface area contributed by atoms with Crippen LogP contribution in [0.1, 0.15) is 90.7 Å². The molecule has 2 aromatic rings. The highest BCUT2D eigenvalue weighted by Crippen LogP contribution is 2.32. The number of hydrogen-bond acceptors (Lipinski definition) is 4. The van der Waals surface area contributed by atoms with Crippen LogP contribution in [-0.4, -0.2) is 52.3 Å². The molecule has 4 rings (SSSR count). The predicted octanol–water partition coefficient (Wildman–Crippen LogP) is 7.83. The molecule has 2 aromatic carbocycles. The summed E-state index contributed by atoms with van der Waals surface area (Å²) in [6.07, 6.45) is 7.98. The number of carbonyl (C=O) groups excluding carboxylic acids is 1. The second kappa shape index (κ2) is 13.8. The molecule has 1 saturated heterocycles. The topological polar surface area (TPSA) is 42.0 Å². The smallest absolute Gasteiger partial charge is 0.410 e. The van der Waals surface area contributed by atoms with Crippen molar-refractivity contribution >= 4 is 6.09 Å². The maximum Gasteiger partial charge on any atom is 0.410 e. The molecule has 1 amide bonds. The zero-order valence-electron chi connectivity index (χ0n) is 24.9. The zero-order valence-corrected chi connectivity index (χ0v) is 24.9. The van der Waals surface area contributed by atoms with E-state index in [0.717, 1.165) is 44.9 Å². The molecule has 1 heterocycles. The molecule has 2 unspecified atom stereocenters. The molecule has 0 bridgehead atoms. The van der Waals surface area contributed by atoms with E-state index in [1.807, 2.05) is 25.7 Å². The normalized spacial score (nSPS) is 26.0. The van der Waals surface area contributed by atoms with Gasteiger partial charge in [0.05, 0.1) is 6.10 Å². The summed E-state index contributed by atoms with van der Waals surface area (Å²) in [6, 6.07) is 22.7. The Kier molecular flexibility index (Phi) is 10.5. The Hall–Kier alpha value is -2.37. The van der Waals surface area contributed by atoms with Crippen molar-refractivity contribution in [3.63, 3.8) is 0 Å². The third kappa shape index (κ3) is 9.08. The van der Waals surface area contributed by atoms with E-state index in [1.54, 1.807) is 0 Å². The average Bonchev–Trinajstić information content (AvgIpc) is 2.88. The molecule has 1 aliphatic carbocycles. The van der Waals surface area contributed by atoms with Gasteiger partial charge >= 0.3 is 6.09 Å². The highest BCUT2D eigenvalue weighted by molar-refractivity contribution is 5.69. The lowest BCUT2D eigenvalue weighted by Gasteiger charge is -2.42. The van der Waals surface area contributed by atoms with E-state index >= 15 is 0 Å². The van der Waals surface area contributed by atoms with Crippen LogP contribution in [0.15, 0.2) is 60.7 Å². The van der Waals surface area contributed by atoms with Gasteiger partial charge in [0.15, 0.2) is 0 Å². The van der Waals surface area contributed by atoms with Gasteiger partial charge in [-0.3, -0.25) is 4.90 Å². The third-order valence-electron chi connectivity index (χ3n) is 8.43. The highest BCUT2D eigenvalue weighted by atomic mass is 16.6. The zero-order chi connectivity index (χ0) is 27.8. The minimum Gasteiger partial charge on any atom is -0.444 e. The van der Waals surface area contributed by atoms with Gasteiger partial charge in [-0.25, -0.2) is 4.79 Å². The fourth-order valence-electron chi connectivity index (χ4n) is 6.48. The van der Waals surface area contributed by atoms with E-state index in [4.69, 9.17) is 9.47 Å². The van der Waals surface area contributed by atoms with Gasteiger partial charge in [0.2, 0.25) is 0 Å². The van der Waals surface area contributed by atoms with E-state index in [2.05, 4.69) is 79.4 Å². The number of likely N-dealkylation sites (tertiary alicyclic amines) is 1. The van der Waals surface area contributed by atoms with E-state index < -0.39 is 5.60 Å². The van der Waals surface area contributed by atoms with Crippen molar-refractivity contribution in [3.8, 4) is 0 Å². The maximum absolute atomic E-state index is 12.7. The molecule has 0 N–H and O–H groups in total. The quantitative estimate of drug-likeness (QED) is 0.329. The third-order valence-corrected chi connectivity index (χ3v) is 8.43. The molecule has 2 aliphatic rings. The van der Waals surface area contributed by atoms with E-state index in [9.17, 15) is 4.79 Å². The Labute approximate surface area is 236 Å². The molecular formula is C34H50N2O3. The summed E-state index contributed by atoms with van der Waals surface area (Å²) in [5.41, 5.74) is 2.32. The first-order valence-electron chi connectivity index (χ1n) is 15.1. The largest absolute Gasteiger partial charge is 0.444 e. The van der Waals surface area contributed by atoms with Crippen molar-refractivity contribution in [2.24, 2.45) is 5.92 Å². The molecule has 0 radical (unpaired) electrons. The number of hydrogen-bond donors (Lipinski definition) is 0. The van der Waals surface area contributed by atoms with Gasteiger partial charge in [0.1, 0.15) is 5.60 Å². The van der Waals surface area contributed by atoms with Crippen LogP contribution in [0.4, 0.5) is 4.79 Å². The van der Waals surface area contributed by atoms with Crippen LogP contribution in [0, 0.1) is 5.92 Å². The second-order valence-electron chi connectivity index (χ2n) is 12.9. The van der Waals surface area contributed by atoms with Gasteiger partial charge in [0, 0.05) is 37.8 Å². The Bertz CT molecular complexity index is 945. The van der Waals surface area contributed by atoms with Gasteiger partial charge in [-0.2, -0.15) is 0 Å². The van der Waals surface area contributed by atoms with Crippen molar-refractivity contribution in [1.29, 1.82) is 0 Å². The summed E-state index contributed by atoms with van der Waals surface area (Å²) >= 11 is 0. The van der Waals surface area contributed by atoms with Gasteiger partial charge in [-0.05, 0) is 96.6 Å². The molecule has 2 fully saturated rings. The van der Waals surface area contributed by atoms with Gasteiger partial charge < -0.3 is 14.4 Å². The number of nitrogens with zero attached hydrogens (tertiary/aromatic N) is 2. The second-order valence-corrected chi connectivity index (χ2v) is 12.9. The van der Waals surface area contributed by atoms with Crippen LogP contribution < -0.4 is 0 Å². The van der Waals surface area contributed by atoms with Crippen LogP contribution in [0.2, 0.25) is 0 Å². The van der Waals surface area contributed by atoms with E-state index in [0.29, 0.717) is 6.04 Å². The lowest BCUT2D eigenvalue weighted by molar-refractivity contribution is -0.0486. The molecule has 0 aromatic heterocycles.